The Bertz CT molecular complexity index is 144. The van der Waals surface area contributed by atoms with Gasteiger partial charge in [0, 0.05) is 22.6 Å². The van der Waals surface area contributed by atoms with Gasteiger partial charge in [-0.1, -0.05) is 5.92 Å². The summed E-state index contributed by atoms with van der Waals surface area (Å²) in [6, 6.07) is 0. The zero-order valence-corrected chi connectivity index (χ0v) is 6.97. The number of hydrogen-bond donors (Lipinski definition) is 0. The molecule has 0 aromatic carbocycles. The summed E-state index contributed by atoms with van der Waals surface area (Å²) in [6.45, 7) is 0.0929. The minimum absolute atomic E-state index is 0.0929. The zero-order chi connectivity index (χ0) is 7.11. The van der Waals surface area contributed by atoms with Gasteiger partial charge in [0.15, 0.2) is 6.61 Å². The van der Waals surface area contributed by atoms with E-state index in [-0.39, 0.29) is 6.61 Å². The van der Waals surface area contributed by atoms with Crippen LogP contribution in [0.1, 0.15) is 0 Å². The second-order valence-electron chi connectivity index (χ2n) is 1.01. The van der Waals surface area contributed by atoms with Crippen molar-refractivity contribution in [3.8, 4) is 9.85 Å². The molecule has 0 aromatic heterocycles. The minimum Gasteiger partial charge on any atom is -0.438 e. The lowest BCUT2D eigenvalue weighted by Crippen LogP contribution is -2.03. The lowest BCUT2D eigenvalue weighted by Gasteiger charge is -1.94. The molecule has 0 fully saturated rings. The van der Waals surface area contributed by atoms with Gasteiger partial charge < -0.3 is 9.47 Å². The van der Waals surface area contributed by atoms with Crippen LogP contribution in [0.3, 0.4) is 0 Å². The maximum atomic E-state index is 10.2. The zero-order valence-electron chi connectivity index (χ0n) is 4.81. The van der Waals surface area contributed by atoms with E-state index >= 15 is 0 Å². The number of methoxy groups -OCH3 is 1. The highest BCUT2D eigenvalue weighted by Crippen LogP contribution is 1.80. The molecule has 0 rings (SSSR count). The molecule has 0 amide bonds. The van der Waals surface area contributed by atoms with Crippen molar-refractivity contribution in [1.29, 1.82) is 0 Å². The van der Waals surface area contributed by atoms with Crippen molar-refractivity contribution in [3.05, 3.63) is 0 Å². The van der Waals surface area contributed by atoms with Gasteiger partial charge in [-0.3, -0.25) is 0 Å². The molecule has 0 unspecified atom stereocenters. The molecule has 9 heavy (non-hydrogen) atoms. The third kappa shape index (κ3) is 5.43. The van der Waals surface area contributed by atoms with E-state index in [1.165, 1.54) is 7.11 Å². The molecule has 0 radical (unpaired) electrons. The Hall–Kier alpha value is -0.440. The number of carbonyl (C=O) groups excluding carboxylic acids is 1. The van der Waals surface area contributed by atoms with Crippen molar-refractivity contribution < 1.29 is 14.3 Å². The third-order valence-corrected chi connectivity index (χ3v) is 0.877. The predicted octanol–water partition coefficient (Wildman–Crippen LogP) is 1.17. The molecule has 0 saturated heterocycles. The summed E-state index contributed by atoms with van der Waals surface area (Å²) in [4.78, 5) is 10.2. The molecule has 0 spiro atoms. The van der Waals surface area contributed by atoms with E-state index in [1.807, 2.05) is 22.6 Å². The summed E-state index contributed by atoms with van der Waals surface area (Å²) in [5, 5.41) is 0. The van der Waals surface area contributed by atoms with Crippen molar-refractivity contribution in [2.45, 2.75) is 0 Å². The first-order valence-electron chi connectivity index (χ1n) is 2.10. The molecule has 0 heterocycles. The fourth-order valence-corrected chi connectivity index (χ4v) is 0.337. The standard InChI is InChI=1S/C5H5IO3/c1-8-5(7)9-4-2-3-6/h4H2,1H3. The quantitative estimate of drug-likeness (QED) is 0.392. The highest BCUT2D eigenvalue weighted by Gasteiger charge is 1.94. The van der Waals surface area contributed by atoms with Crippen LogP contribution in [0.4, 0.5) is 4.79 Å². The summed E-state index contributed by atoms with van der Waals surface area (Å²) in [5.41, 5.74) is 0. The molecule has 0 N–H and O–H groups in total. The fourth-order valence-electron chi connectivity index (χ4n) is 0.181. The number of rotatable bonds is 1. The number of halogens is 1. The summed E-state index contributed by atoms with van der Waals surface area (Å²) >= 11 is 1.85. The van der Waals surface area contributed by atoms with Gasteiger partial charge in [0.05, 0.1) is 7.11 Å². The molecular weight excluding hydrogens is 235 g/mol. The highest BCUT2D eigenvalue weighted by atomic mass is 127. The second kappa shape index (κ2) is 5.69. The van der Waals surface area contributed by atoms with Gasteiger partial charge in [0.25, 0.3) is 0 Å². The van der Waals surface area contributed by atoms with Crippen LogP contribution in [0.25, 0.3) is 0 Å². The van der Waals surface area contributed by atoms with Crippen molar-refractivity contribution >= 4 is 28.7 Å². The highest BCUT2D eigenvalue weighted by molar-refractivity contribution is 14.1. The molecule has 0 aliphatic rings. The molecule has 4 heteroatoms. The Morgan fingerprint density at radius 3 is 2.89 bits per heavy atom. The van der Waals surface area contributed by atoms with Gasteiger partial charge >= 0.3 is 6.16 Å². The molecule has 0 aromatic rings. The van der Waals surface area contributed by atoms with Gasteiger partial charge in [-0.2, -0.15) is 0 Å². The molecule has 0 saturated carbocycles. The topological polar surface area (TPSA) is 35.5 Å². The van der Waals surface area contributed by atoms with E-state index in [4.69, 9.17) is 0 Å². The Morgan fingerprint density at radius 2 is 2.44 bits per heavy atom. The van der Waals surface area contributed by atoms with Crippen LogP contribution in [0.15, 0.2) is 0 Å². The molecular formula is C5H5IO3. The van der Waals surface area contributed by atoms with E-state index in [1.54, 1.807) is 0 Å². The van der Waals surface area contributed by atoms with E-state index in [2.05, 4.69) is 19.3 Å². The van der Waals surface area contributed by atoms with Crippen molar-refractivity contribution in [1.82, 2.24) is 0 Å². The second-order valence-corrected chi connectivity index (χ2v) is 1.55. The smallest absolute Gasteiger partial charge is 0.438 e. The van der Waals surface area contributed by atoms with Crippen LogP contribution in [0, 0.1) is 9.85 Å². The van der Waals surface area contributed by atoms with Crippen LogP contribution in [-0.4, -0.2) is 19.9 Å². The van der Waals surface area contributed by atoms with Crippen molar-refractivity contribution in [2.24, 2.45) is 0 Å². The van der Waals surface area contributed by atoms with E-state index in [0.717, 1.165) is 0 Å². The number of ether oxygens (including phenoxy) is 2. The van der Waals surface area contributed by atoms with Gasteiger partial charge in [-0.05, 0) is 3.93 Å². The van der Waals surface area contributed by atoms with E-state index < -0.39 is 6.16 Å². The normalized spacial score (nSPS) is 6.89. The number of carbonyl (C=O) groups is 1. The monoisotopic (exact) mass is 240 g/mol. The van der Waals surface area contributed by atoms with E-state index in [9.17, 15) is 4.79 Å². The molecule has 50 valence electrons. The summed E-state index contributed by atoms with van der Waals surface area (Å²) in [6.07, 6.45) is -0.700. The van der Waals surface area contributed by atoms with Crippen molar-refractivity contribution in [2.75, 3.05) is 13.7 Å². The molecule has 0 atom stereocenters. The molecule has 0 bridgehead atoms. The average Bonchev–Trinajstić information content (AvgIpc) is 1.89. The van der Waals surface area contributed by atoms with E-state index in [0.29, 0.717) is 0 Å². The van der Waals surface area contributed by atoms with Gasteiger partial charge in [0.2, 0.25) is 0 Å². The van der Waals surface area contributed by atoms with Crippen LogP contribution >= 0.6 is 22.6 Å². The number of hydrogen-bond acceptors (Lipinski definition) is 3. The molecule has 0 aliphatic carbocycles. The van der Waals surface area contributed by atoms with Crippen LogP contribution < -0.4 is 0 Å². The molecule has 3 nitrogen and oxygen atoms in total. The Morgan fingerprint density at radius 1 is 1.78 bits per heavy atom. The largest absolute Gasteiger partial charge is 0.508 e. The van der Waals surface area contributed by atoms with Crippen LogP contribution in [-0.2, 0) is 9.47 Å². The van der Waals surface area contributed by atoms with Crippen LogP contribution in [0.5, 0.6) is 0 Å². The Kier molecular flexibility index (Phi) is 5.41. The summed E-state index contributed by atoms with van der Waals surface area (Å²) in [5.74, 6) is 2.53. The third-order valence-electron chi connectivity index (χ3n) is 0.496. The van der Waals surface area contributed by atoms with Gasteiger partial charge in [-0.15, -0.1) is 0 Å². The Balaban J connectivity index is 3.24. The van der Waals surface area contributed by atoms with Gasteiger partial charge in [-0.25, -0.2) is 4.79 Å². The fraction of sp³-hybridized carbons (Fsp3) is 0.400. The lowest BCUT2D eigenvalue weighted by molar-refractivity contribution is 0.0833. The first-order chi connectivity index (χ1) is 4.31. The maximum absolute atomic E-state index is 10.2. The Labute approximate surface area is 66.8 Å². The summed E-state index contributed by atoms with van der Waals surface area (Å²) < 4.78 is 11.1. The molecule has 0 aliphatic heterocycles. The minimum atomic E-state index is -0.700. The van der Waals surface area contributed by atoms with Gasteiger partial charge in [0.1, 0.15) is 0 Å². The predicted molar refractivity (Wildman–Crippen MR) is 40.2 cm³/mol. The summed E-state index contributed by atoms with van der Waals surface area (Å²) in [7, 11) is 1.25. The maximum Gasteiger partial charge on any atom is 0.508 e. The first kappa shape index (κ1) is 8.56. The van der Waals surface area contributed by atoms with Crippen molar-refractivity contribution in [3.63, 3.8) is 0 Å². The SMILES string of the molecule is COC(=O)OCC#CI. The first-order valence-corrected chi connectivity index (χ1v) is 3.18. The average molecular weight is 240 g/mol. The van der Waals surface area contributed by atoms with Crippen LogP contribution in [0.2, 0.25) is 0 Å². The lowest BCUT2D eigenvalue weighted by atomic mass is 10.8.